The minimum absolute atomic E-state index is 0. The molecule has 0 aliphatic carbocycles. The fraction of sp³-hybridized carbons (Fsp3) is 0.200. The number of aromatic nitrogens is 1. The van der Waals surface area contributed by atoms with Crippen LogP contribution >= 0.6 is 12.4 Å². The molecule has 1 amide bonds. The van der Waals surface area contributed by atoms with Crippen molar-refractivity contribution in [1.82, 2.24) is 4.98 Å². The summed E-state index contributed by atoms with van der Waals surface area (Å²) in [6, 6.07) is 9.41. The topological polar surface area (TPSA) is 102 Å². The van der Waals surface area contributed by atoms with Crippen molar-refractivity contribution in [2.24, 2.45) is 5.73 Å². The van der Waals surface area contributed by atoms with Gasteiger partial charge in [-0.3, -0.25) is 19.8 Å². The number of carbonyl (C=O) groups is 1. The third-order valence-corrected chi connectivity index (χ3v) is 3.68. The summed E-state index contributed by atoms with van der Waals surface area (Å²) in [6.07, 6.45) is 2.14. The Morgan fingerprint density at radius 3 is 2.57 bits per heavy atom. The summed E-state index contributed by atoms with van der Waals surface area (Å²) >= 11 is 0. The number of anilines is 1. The Labute approximate surface area is 138 Å². The molecule has 2 heterocycles. The maximum absolute atomic E-state index is 11.9. The molecule has 7 nitrogen and oxygen atoms in total. The summed E-state index contributed by atoms with van der Waals surface area (Å²) in [5, 5.41) is 11.1. The van der Waals surface area contributed by atoms with E-state index in [1.54, 1.807) is 30.3 Å². The van der Waals surface area contributed by atoms with Crippen LogP contribution in [0.15, 0.2) is 42.6 Å². The van der Waals surface area contributed by atoms with Gasteiger partial charge in [0.15, 0.2) is 0 Å². The second kappa shape index (κ2) is 6.72. The molecule has 2 aromatic rings. The normalized spacial score (nSPS) is 17.0. The highest BCUT2D eigenvalue weighted by atomic mass is 35.5. The molecule has 23 heavy (non-hydrogen) atoms. The van der Waals surface area contributed by atoms with E-state index in [-0.39, 0.29) is 24.0 Å². The first-order chi connectivity index (χ1) is 10.6. The minimum Gasteiger partial charge on any atom is -0.320 e. The maximum atomic E-state index is 11.9. The lowest BCUT2D eigenvalue weighted by molar-refractivity contribution is -0.384. The first-order valence-electron chi connectivity index (χ1n) is 6.85. The summed E-state index contributed by atoms with van der Waals surface area (Å²) < 4.78 is 0. The molecule has 1 atom stereocenters. The van der Waals surface area contributed by atoms with Crippen LogP contribution in [-0.2, 0) is 4.79 Å². The van der Waals surface area contributed by atoms with Crippen molar-refractivity contribution in [3.05, 3.63) is 52.7 Å². The number of pyridine rings is 1. The number of carbonyl (C=O) groups excluding carboxylic acids is 1. The molecule has 0 bridgehead atoms. The predicted molar refractivity (Wildman–Crippen MR) is 88.5 cm³/mol. The summed E-state index contributed by atoms with van der Waals surface area (Å²) in [7, 11) is 0. The summed E-state index contributed by atoms with van der Waals surface area (Å²) in [5.74, 6) is 0.367. The minimum atomic E-state index is -0.475. The quantitative estimate of drug-likeness (QED) is 0.684. The van der Waals surface area contributed by atoms with E-state index in [1.807, 2.05) is 0 Å². The molecule has 2 N–H and O–H groups in total. The highest BCUT2D eigenvalue weighted by Gasteiger charge is 2.30. The van der Waals surface area contributed by atoms with Crippen LogP contribution in [0.1, 0.15) is 6.42 Å². The first-order valence-corrected chi connectivity index (χ1v) is 6.85. The fourth-order valence-electron chi connectivity index (χ4n) is 2.51. The highest BCUT2D eigenvalue weighted by molar-refractivity contribution is 5.98. The van der Waals surface area contributed by atoms with Gasteiger partial charge < -0.3 is 5.73 Å². The molecule has 1 fully saturated rings. The number of hydrogen-bond acceptors (Lipinski definition) is 5. The van der Waals surface area contributed by atoms with E-state index in [0.717, 1.165) is 0 Å². The third kappa shape index (κ3) is 3.15. The average Bonchev–Trinajstić information content (AvgIpc) is 2.87. The Morgan fingerprint density at radius 1 is 1.26 bits per heavy atom. The second-order valence-electron chi connectivity index (χ2n) is 5.06. The van der Waals surface area contributed by atoms with Crippen molar-refractivity contribution in [2.75, 3.05) is 11.4 Å². The molecule has 0 saturated carbocycles. The average molecular weight is 335 g/mol. The number of para-hydroxylation sites is 1. The zero-order valence-electron chi connectivity index (χ0n) is 12.1. The van der Waals surface area contributed by atoms with Crippen molar-refractivity contribution in [3.63, 3.8) is 0 Å². The van der Waals surface area contributed by atoms with Crippen LogP contribution in [0, 0.1) is 10.1 Å². The van der Waals surface area contributed by atoms with E-state index in [1.165, 1.54) is 17.2 Å². The smallest absolute Gasteiger partial charge is 0.277 e. The van der Waals surface area contributed by atoms with Gasteiger partial charge in [-0.2, -0.15) is 0 Å². The fourth-order valence-corrected chi connectivity index (χ4v) is 2.51. The third-order valence-electron chi connectivity index (χ3n) is 3.68. The van der Waals surface area contributed by atoms with Crippen LogP contribution in [0.2, 0.25) is 0 Å². The van der Waals surface area contributed by atoms with Crippen molar-refractivity contribution < 1.29 is 9.72 Å². The van der Waals surface area contributed by atoms with Crippen LogP contribution < -0.4 is 10.6 Å². The van der Waals surface area contributed by atoms with E-state index in [9.17, 15) is 14.9 Å². The zero-order chi connectivity index (χ0) is 15.7. The highest BCUT2D eigenvalue weighted by Crippen LogP contribution is 2.30. The zero-order valence-corrected chi connectivity index (χ0v) is 12.9. The van der Waals surface area contributed by atoms with Gasteiger partial charge in [0.1, 0.15) is 5.82 Å². The number of hydrogen-bond donors (Lipinski definition) is 1. The van der Waals surface area contributed by atoms with Gasteiger partial charge in [0.05, 0.1) is 16.5 Å². The lowest BCUT2D eigenvalue weighted by Gasteiger charge is -2.15. The number of nitro benzene ring substituents is 1. The Morgan fingerprint density at radius 2 is 2.00 bits per heavy atom. The number of benzene rings is 1. The van der Waals surface area contributed by atoms with Crippen LogP contribution in [0.25, 0.3) is 11.1 Å². The Balaban J connectivity index is 0.00000192. The van der Waals surface area contributed by atoms with Gasteiger partial charge >= 0.3 is 0 Å². The molecule has 0 spiro atoms. The number of nitrogens with zero attached hydrogens (tertiary/aromatic N) is 3. The first kappa shape index (κ1) is 16.9. The monoisotopic (exact) mass is 334 g/mol. The molecule has 8 heteroatoms. The predicted octanol–water partition coefficient (Wildman–Crippen LogP) is 2.14. The molecule has 1 saturated heterocycles. The maximum Gasteiger partial charge on any atom is 0.277 e. The number of nitrogens with two attached hydrogens (primary N) is 1. The summed E-state index contributed by atoms with van der Waals surface area (Å²) in [5.41, 5.74) is 6.84. The van der Waals surface area contributed by atoms with E-state index in [4.69, 9.17) is 5.73 Å². The van der Waals surface area contributed by atoms with Crippen LogP contribution in [-0.4, -0.2) is 28.4 Å². The van der Waals surface area contributed by atoms with E-state index >= 15 is 0 Å². The molecular weight excluding hydrogens is 320 g/mol. The van der Waals surface area contributed by atoms with E-state index in [0.29, 0.717) is 29.9 Å². The van der Waals surface area contributed by atoms with Gasteiger partial charge in [0.25, 0.3) is 5.69 Å². The standard InChI is InChI=1S/C15H14N4O3.ClH/c16-12-7-8-18(15(12)20)14-6-5-10(9-17-14)11-3-1-2-4-13(11)19(21)22;/h1-6,9,12H,7-8,16H2;1H/t12-;/m0./s1. The molecule has 1 aliphatic heterocycles. The molecule has 120 valence electrons. The Kier molecular flexibility index (Phi) is 4.92. The van der Waals surface area contributed by atoms with Crippen molar-refractivity contribution >= 4 is 29.8 Å². The number of amides is 1. The van der Waals surface area contributed by atoms with E-state index in [2.05, 4.69) is 4.98 Å². The summed E-state index contributed by atoms with van der Waals surface area (Å²) in [6.45, 7) is 0.540. The van der Waals surface area contributed by atoms with Crippen molar-refractivity contribution in [3.8, 4) is 11.1 Å². The van der Waals surface area contributed by atoms with Crippen molar-refractivity contribution in [2.45, 2.75) is 12.5 Å². The number of rotatable bonds is 3. The number of nitro groups is 1. The molecule has 1 aliphatic rings. The van der Waals surface area contributed by atoms with Gasteiger partial charge in [0, 0.05) is 24.4 Å². The van der Waals surface area contributed by atoms with Gasteiger partial charge in [-0.1, -0.05) is 12.1 Å². The van der Waals surface area contributed by atoms with Gasteiger partial charge in [-0.05, 0) is 24.6 Å². The van der Waals surface area contributed by atoms with Crippen LogP contribution in [0.4, 0.5) is 11.5 Å². The van der Waals surface area contributed by atoms with E-state index < -0.39 is 11.0 Å². The SMILES string of the molecule is Cl.N[C@H]1CCN(c2ccc(-c3ccccc3[N+](=O)[O-])cn2)C1=O. The van der Waals surface area contributed by atoms with Crippen molar-refractivity contribution in [1.29, 1.82) is 0 Å². The molecule has 1 aromatic heterocycles. The van der Waals surface area contributed by atoms with Crippen LogP contribution in [0.3, 0.4) is 0 Å². The van der Waals surface area contributed by atoms with Gasteiger partial charge in [0.2, 0.25) is 5.91 Å². The molecule has 1 aromatic carbocycles. The number of halogens is 1. The lowest BCUT2D eigenvalue weighted by atomic mass is 10.1. The lowest BCUT2D eigenvalue weighted by Crippen LogP contribution is -2.34. The summed E-state index contributed by atoms with van der Waals surface area (Å²) in [4.78, 5) is 28.3. The molecular formula is C15H15ClN4O3. The second-order valence-corrected chi connectivity index (χ2v) is 5.06. The largest absolute Gasteiger partial charge is 0.320 e. The van der Waals surface area contributed by atoms with Gasteiger partial charge in [-0.15, -0.1) is 12.4 Å². The van der Waals surface area contributed by atoms with Gasteiger partial charge in [-0.25, -0.2) is 4.98 Å². The Hall–Kier alpha value is -2.51. The Bertz CT molecular complexity index is 736. The molecule has 3 rings (SSSR count). The van der Waals surface area contributed by atoms with Crippen LogP contribution in [0.5, 0.6) is 0 Å². The molecule has 0 unspecified atom stereocenters. The molecule has 0 radical (unpaired) electrons.